The normalized spacial score (nSPS) is 15.6. The van der Waals surface area contributed by atoms with Gasteiger partial charge < -0.3 is 46.1 Å². The summed E-state index contributed by atoms with van der Waals surface area (Å²) >= 11 is 0. The van der Waals surface area contributed by atoms with E-state index >= 15 is 0 Å². The van der Waals surface area contributed by atoms with Gasteiger partial charge in [0.15, 0.2) is 0 Å². The van der Waals surface area contributed by atoms with Gasteiger partial charge in [0, 0.05) is 180 Å². The van der Waals surface area contributed by atoms with Crippen LogP contribution in [0.5, 0.6) is 0 Å². The molecule has 8 rings (SSSR count). The summed E-state index contributed by atoms with van der Waals surface area (Å²) < 4.78 is 16.1. The molecule has 0 bridgehead atoms. The fraction of sp³-hybridized carbons (Fsp3) is 0.565. The van der Waals surface area contributed by atoms with Crippen LogP contribution in [-0.4, -0.2) is 259 Å². The van der Waals surface area contributed by atoms with Gasteiger partial charge in [-0.05, 0) is 128 Å². The van der Waals surface area contributed by atoms with Crippen molar-refractivity contribution in [2.24, 2.45) is 28.1 Å². The highest BCUT2D eigenvalue weighted by Gasteiger charge is 2.31. The number of ketones is 1. The first-order valence-corrected chi connectivity index (χ1v) is 42.0. The molecule has 678 valence electrons. The van der Waals surface area contributed by atoms with Gasteiger partial charge in [0.1, 0.15) is 5.78 Å². The van der Waals surface area contributed by atoms with Crippen LogP contribution in [-0.2, 0) is 104 Å². The number of benzene rings is 2. The fourth-order valence-corrected chi connectivity index (χ4v) is 11.9. The molecule has 6 aliphatic rings. The van der Waals surface area contributed by atoms with E-state index < -0.39 is 5.92 Å². The van der Waals surface area contributed by atoms with Crippen LogP contribution in [0.2, 0.25) is 0 Å². The lowest BCUT2D eigenvalue weighted by Crippen LogP contribution is -2.43. The average molecular weight is 1710 g/mol. The zero-order valence-electron chi connectivity index (χ0n) is 75.7. The number of nitrogens with zero attached hydrogens (tertiary/aromatic N) is 6. The van der Waals surface area contributed by atoms with Gasteiger partial charge in [-0.3, -0.25) is 106 Å². The van der Waals surface area contributed by atoms with E-state index in [2.05, 4.69) is 115 Å². The maximum Gasteiger partial charge on any atom is 0.253 e. The number of carbonyl (C=O) groups is 16. The third-order valence-electron chi connectivity index (χ3n) is 18.4. The predicted octanol–water partition coefficient (Wildman–Crippen LogP) is 6.80. The topological polar surface area (TPSA) is 392 Å². The highest BCUT2D eigenvalue weighted by molar-refractivity contribution is 6.16. The first kappa shape index (κ1) is 107. The minimum absolute atomic E-state index is 0.0131. The van der Waals surface area contributed by atoms with Gasteiger partial charge in [0.05, 0.1) is 52.7 Å². The van der Waals surface area contributed by atoms with Crippen LogP contribution in [0.1, 0.15) is 174 Å². The molecule has 2 aromatic rings. The molecule has 123 heavy (non-hydrogen) atoms. The number of rotatable bonds is 40. The predicted molar refractivity (Wildman–Crippen MR) is 468 cm³/mol. The third-order valence-corrected chi connectivity index (χ3v) is 18.4. The summed E-state index contributed by atoms with van der Waals surface area (Å²) in [5, 5.41) is 18.0. The van der Waals surface area contributed by atoms with Crippen LogP contribution >= 0.6 is 0 Å². The fourth-order valence-electron chi connectivity index (χ4n) is 11.9. The highest BCUT2D eigenvalue weighted by atomic mass is 16.5. The summed E-state index contributed by atoms with van der Waals surface area (Å²) in [7, 11) is 0. The standard InChI is InChI=1S/C22H29N3O4.C20H26N2O3.C14H24N2O4.C13H20N2O3.C13H21NO3.C10H16N2O2/c1-22(2,3)24-15-18(26)14-17(13-16-7-5-4-6-8-16)21(29)23-11-12-25-19(27)9-10-20(25)28;1-20(2,3)14-16(13-15-7-5-4-6-8-15)19(25)21-11-12-22-17(23)9-10-18(22)24;1-14(2,3)15-6-8-19-10-11-20-9-7-16-12(17)4-5-13(16)18;1-13(2,3)7-6-10(16)14-8-9-15-11(17)4-5-12(15)18;1-13(2,3)7-4-9-17-10-8-14-11(15)5-6-12(14)16;1-10(2,3)11-6-7-12-8(13)4-5-9(12)14/h4-10,17,24H,11-15H2,1-3H3,(H,23,29);4-10,16H,11-14H2,1-3H3,(H,21,25);4-5,15H,6-11H2,1-3H3;4-5H,6-9H2,1-3H3,(H,14,16);5-6H,4,7-10H2,1-3H3;4-5,11H,6-7H2,1-3H3. The Morgan fingerprint density at radius 3 is 0.959 bits per heavy atom. The molecule has 0 fully saturated rings. The lowest BCUT2D eigenvalue weighted by Gasteiger charge is -2.26. The van der Waals surface area contributed by atoms with Gasteiger partial charge in [-0.2, -0.15) is 0 Å². The maximum atomic E-state index is 12.7. The number of hydrogen-bond donors (Lipinski definition) is 6. The van der Waals surface area contributed by atoms with E-state index in [0.717, 1.165) is 63.0 Å². The molecule has 0 spiro atoms. The van der Waals surface area contributed by atoms with E-state index in [0.29, 0.717) is 90.5 Å². The second kappa shape index (κ2) is 52.9. The molecule has 0 saturated heterocycles. The molecule has 0 aliphatic carbocycles. The van der Waals surface area contributed by atoms with Crippen molar-refractivity contribution in [2.45, 2.75) is 193 Å². The second-order valence-electron chi connectivity index (χ2n) is 36.7. The Morgan fingerprint density at radius 2 is 0.618 bits per heavy atom. The van der Waals surface area contributed by atoms with E-state index in [4.69, 9.17) is 14.2 Å². The first-order valence-electron chi connectivity index (χ1n) is 42.0. The molecule has 0 saturated carbocycles. The highest BCUT2D eigenvalue weighted by Crippen LogP contribution is 2.28. The molecule has 31 heteroatoms. The first-order chi connectivity index (χ1) is 57.4. The maximum absolute atomic E-state index is 12.7. The Balaban J connectivity index is 0.000000387. The van der Waals surface area contributed by atoms with E-state index in [-0.39, 0.29) is 180 Å². The molecular formula is C92H136N12O19. The Morgan fingerprint density at radius 1 is 0.317 bits per heavy atom. The zero-order chi connectivity index (χ0) is 92.3. The van der Waals surface area contributed by atoms with Crippen LogP contribution in [0, 0.1) is 28.1 Å². The molecule has 6 heterocycles. The van der Waals surface area contributed by atoms with E-state index in [9.17, 15) is 76.7 Å². The molecule has 6 aliphatic heterocycles. The molecule has 2 unspecified atom stereocenters. The molecule has 0 aromatic heterocycles. The van der Waals surface area contributed by atoms with Crippen molar-refractivity contribution in [1.82, 2.24) is 61.3 Å². The molecular weight excluding hydrogens is 1580 g/mol. The largest absolute Gasteiger partial charge is 0.380 e. The molecule has 31 nitrogen and oxygen atoms in total. The van der Waals surface area contributed by atoms with E-state index in [1.54, 1.807) is 0 Å². The molecule has 15 amide bonds. The summed E-state index contributed by atoms with van der Waals surface area (Å²) in [5.41, 5.74) is 2.51. The minimum atomic E-state index is -0.519. The van der Waals surface area contributed by atoms with Crippen molar-refractivity contribution in [2.75, 3.05) is 118 Å². The quantitative estimate of drug-likeness (QED) is 0.0295. The Kier molecular flexibility index (Phi) is 45.9. The smallest absolute Gasteiger partial charge is 0.253 e. The number of Topliss-reactive ketones (excluding diaryl/α,β-unsaturated/α-hetero) is 1. The summed E-state index contributed by atoms with van der Waals surface area (Å²) in [6, 6.07) is 19.5. The second-order valence-corrected chi connectivity index (χ2v) is 36.7. The van der Waals surface area contributed by atoms with E-state index in [1.807, 2.05) is 102 Å². The Bertz CT molecular complexity index is 3960. The minimum Gasteiger partial charge on any atom is -0.380 e. The number of carbonyl (C=O) groups excluding carboxylic acids is 16. The van der Waals surface area contributed by atoms with Crippen LogP contribution in [0.3, 0.4) is 0 Å². The van der Waals surface area contributed by atoms with Crippen LogP contribution in [0.4, 0.5) is 0 Å². The van der Waals surface area contributed by atoms with Crippen LogP contribution in [0.15, 0.2) is 134 Å². The number of ether oxygens (including phenoxy) is 3. The number of imide groups is 6. The van der Waals surface area contributed by atoms with Gasteiger partial charge in [-0.25, -0.2) is 0 Å². The van der Waals surface area contributed by atoms with Gasteiger partial charge in [0.2, 0.25) is 17.7 Å². The summed E-state index contributed by atoms with van der Waals surface area (Å²) in [6.07, 6.45) is 20.5. The summed E-state index contributed by atoms with van der Waals surface area (Å²) in [6.45, 7) is 44.5. The van der Waals surface area contributed by atoms with Gasteiger partial charge in [-0.1, -0.05) is 123 Å². The summed E-state index contributed by atoms with van der Waals surface area (Å²) in [4.78, 5) is 192. The van der Waals surface area contributed by atoms with Crippen molar-refractivity contribution >= 4 is 94.4 Å². The monoisotopic (exact) mass is 1710 g/mol. The Hall–Kier alpha value is -10.4. The molecule has 0 radical (unpaired) electrons. The number of hydrogen-bond acceptors (Lipinski definition) is 22. The zero-order valence-corrected chi connectivity index (χ0v) is 75.7. The van der Waals surface area contributed by atoms with Crippen molar-refractivity contribution in [3.8, 4) is 0 Å². The van der Waals surface area contributed by atoms with Crippen LogP contribution in [0.25, 0.3) is 0 Å². The third kappa shape index (κ3) is 47.1. The SMILES string of the molecule is CC(C)(C)CC(Cc1ccccc1)C(=O)NCCN1C(=O)C=CC1=O.CC(C)(C)CCC(=O)NCCN1C(=O)C=CC1=O.CC(C)(C)CCCOCCN1C(=O)C=CC1=O.CC(C)(C)NCC(=O)CC(Cc1ccccc1)C(=O)NCCN1C(=O)C=CC1=O.CC(C)(C)NCCN1C(=O)C=CC1=O.CC(C)(C)NCCOCCOCCN1C(=O)C=CC1=O. The van der Waals surface area contributed by atoms with Crippen molar-refractivity contribution in [1.29, 1.82) is 0 Å². The lowest BCUT2D eigenvalue weighted by molar-refractivity contribution is -0.139. The summed E-state index contributed by atoms with van der Waals surface area (Å²) in [5.74, 6) is -4.55. The van der Waals surface area contributed by atoms with Gasteiger partial charge >= 0.3 is 0 Å². The van der Waals surface area contributed by atoms with Crippen LogP contribution < -0.4 is 31.9 Å². The molecule has 2 aromatic carbocycles. The van der Waals surface area contributed by atoms with Gasteiger partial charge in [0.25, 0.3) is 70.9 Å². The lowest BCUT2D eigenvalue weighted by atomic mass is 9.81. The van der Waals surface area contributed by atoms with Crippen molar-refractivity contribution in [3.63, 3.8) is 0 Å². The Labute approximate surface area is 726 Å². The average Bonchev–Trinajstić information content (AvgIpc) is 1.34. The number of amides is 15. The van der Waals surface area contributed by atoms with Crippen molar-refractivity contribution < 1.29 is 90.9 Å². The van der Waals surface area contributed by atoms with Crippen molar-refractivity contribution in [3.05, 3.63) is 145 Å². The molecule has 2 atom stereocenters. The van der Waals surface area contributed by atoms with Gasteiger partial charge in [-0.15, -0.1) is 0 Å². The number of nitrogens with one attached hydrogen (secondary N) is 6. The molecule has 6 N–H and O–H groups in total. The van der Waals surface area contributed by atoms with E-state index in [1.165, 1.54) is 82.7 Å².